The SMILES string of the molecule is COC(=O)/C=C/c1cc(F)cc(N(C(=O)C2CC3CCC2C3)C(C)c2ccc(-c3ccc(N(C)C)cc3)cc2F)c1. The lowest BCUT2D eigenvalue weighted by Gasteiger charge is -2.34. The lowest BCUT2D eigenvalue weighted by Crippen LogP contribution is -2.40. The van der Waals surface area contributed by atoms with E-state index < -0.39 is 23.6 Å². The van der Waals surface area contributed by atoms with Crippen molar-refractivity contribution in [1.29, 1.82) is 0 Å². The molecule has 2 bridgehead atoms. The highest BCUT2D eigenvalue weighted by atomic mass is 19.1. The van der Waals surface area contributed by atoms with Crippen LogP contribution in [0.4, 0.5) is 20.2 Å². The van der Waals surface area contributed by atoms with Gasteiger partial charge >= 0.3 is 5.97 Å². The number of hydrogen-bond acceptors (Lipinski definition) is 4. The Morgan fingerprint density at radius 3 is 2.27 bits per heavy atom. The topological polar surface area (TPSA) is 49.9 Å². The Balaban J connectivity index is 1.51. The fourth-order valence-corrected chi connectivity index (χ4v) is 6.47. The number of fused-ring (bicyclic) bond motifs is 2. The minimum atomic E-state index is -0.689. The van der Waals surface area contributed by atoms with Crippen LogP contribution in [0.25, 0.3) is 17.2 Å². The lowest BCUT2D eigenvalue weighted by molar-refractivity contribution is -0.134. The van der Waals surface area contributed by atoms with Gasteiger partial charge in [0.15, 0.2) is 0 Å². The average Bonchev–Trinajstić information content (AvgIpc) is 3.60. The van der Waals surface area contributed by atoms with Gasteiger partial charge in [0.1, 0.15) is 11.6 Å². The van der Waals surface area contributed by atoms with Crippen LogP contribution in [0, 0.1) is 29.4 Å². The quantitative estimate of drug-likeness (QED) is 0.213. The summed E-state index contributed by atoms with van der Waals surface area (Å²) < 4.78 is 35.3. The highest BCUT2D eigenvalue weighted by Gasteiger charge is 2.45. The molecule has 7 heteroatoms. The van der Waals surface area contributed by atoms with E-state index in [0.717, 1.165) is 42.5 Å². The first-order valence-electron chi connectivity index (χ1n) is 14.1. The molecule has 5 rings (SSSR count). The van der Waals surface area contributed by atoms with Crippen LogP contribution in [0.2, 0.25) is 0 Å². The summed E-state index contributed by atoms with van der Waals surface area (Å²) in [5.74, 6) is -1.01. The summed E-state index contributed by atoms with van der Waals surface area (Å²) in [6.07, 6.45) is 6.63. The number of carbonyl (C=O) groups excluding carboxylic acids is 2. The summed E-state index contributed by atoms with van der Waals surface area (Å²) >= 11 is 0. The first-order chi connectivity index (χ1) is 19.6. The number of halogens is 2. The Labute approximate surface area is 240 Å². The number of esters is 1. The molecule has 0 heterocycles. The molecule has 0 aliphatic heterocycles. The zero-order chi connectivity index (χ0) is 29.3. The summed E-state index contributed by atoms with van der Waals surface area (Å²) in [4.78, 5) is 29.3. The second kappa shape index (κ2) is 11.9. The van der Waals surface area contributed by atoms with Gasteiger partial charge in [-0.05, 0) is 97.2 Å². The molecular formula is C34H36F2N2O3. The number of ether oxygens (including phenoxy) is 1. The Bertz CT molecular complexity index is 1470. The van der Waals surface area contributed by atoms with E-state index in [0.29, 0.717) is 28.7 Å². The lowest BCUT2D eigenvalue weighted by atomic mass is 9.87. The third-order valence-electron chi connectivity index (χ3n) is 8.64. The second-order valence-corrected chi connectivity index (χ2v) is 11.4. The van der Waals surface area contributed by atoms with Crippen molar-refractivity contribution in [3.05, 3.63) is 89.5 Å². The molecule has 2 saturated carbocycles. The van der Waals surface area contributed by atoms with Crippen molar-refractivity contribution in [2.75, 3.05) is 31.0 Å². The van der Waals surface area contributed by atoms with E-state index in [1.165, 1.54) is 37.5 Å². The van der Waals surface area contributed by atoms with Crippen LogP contribution in [0.3, 0.4) is 0 Å². The predicted octanol–water partition coefficient (Wildman–Crippen LogP) is 7.41. The first-order valence-corrected chi connectivity index (χ1v) is 14.1. The molecule has 5 nitrogen and oxygen atoms in total. The number of benzene rings is 3. The van der Waals surface area contributed by atoms with Crippen molar-refractivity contribution < 1.29 is 23.1 Å². The molecular weight excluding hydrogens is 522 g/mol. The average molecular weight is 559 g/mol. The molecule has 0 saturated heterocycles. The van der Waals surface area contributed by atoms with E-state index in [1.54, 1.807) is 24.0 Å². The molecule has 0 spiro atoms. The molecule has 2 aliphatic carbocycles. The molecule has 3 aromatic rings. The number of methoxy groups -OCH3 is 1. The predicted molar refractivity (Wildman–Crippen MR) is 158 cm³/mol. The number of carbonyl (C=O) groups is 2. The zero-order valence-electron chi connectivity index (χ0n) is 23.9. The van der Waals surface area contributed by atoms with Crippen LogP contribution in [-0.4, -0.2) is 33.1 Å². The van der Waals surface area contributed by atoms with E-state index in [9.17, 15) is 14.0 Å². The van der Waals surface area contributed by atoms with Gasteiger partial charge in [0.2, 0.25) is 5.91 Å². The van der Waals surface area contributed by atoms with Gasteiger partial charge < -0.3 is 14.5 Å². The van der Waals surface area contributed by atoms with Crippen molar-refractivity contribution in [2.45, 2.75) is 38.6 Å². The maximum absolute atomic E-state index is 15.8. The number of rotatable bonds is 8. The Morgan fingerprint density at radius 2 is 1.66 bits per heavy atom. The maximum atomic E-state index is 15.8. The van der Waals surface area contributed by atoms with Crippen molar-refractivity contribution in [2.24, 2.45) is 17.8 Å². The molecule has 0 N–H and O–H groups in total. The van der Waals surface area contributed by atoms with E-state index in [1.807, 2.05) is 49.3 Å². The summed E-state index contributed by atoms with van der Waals surface area (Å²) in [6.45, 7) is 1.78. The third-order valence-corrected chi connectivity index (χ3v) is 8.64. The van der Waals surface area contributed by atoms with Crippen LogP contribution in [-0.2, 0) is 14.3 Å². The van der Waals surface area contributed by atoms with Gasteiger partial charge in [-0.25, -0.2) is 13.6 Å². The molecule has 41 heavy (non-hydrogen) atoms. The Kier molecular flexibility index (Phi) is 8.25. The minimum absolute atomic E-state index is 0.110. The highest BCUT2D eigenvalue weighted by molar-refractivity contribution is 5.97. The molecule has 2 aliphatic rings. The minimum Gasteiger partial charge on any atom is -0.466 e. The molecule has 0 aromatic heterocycles. The van der Waals surface area contributed by atoms with Gasteiger partial charge in [-0.2, -0.15) is 0 Å². The molecule has 4 unspecified atom stereocenters. The van der Waals surface area contributed by atoms with E-state index in [4.69, 9.17) is 0 Å². The second-order valence-electron chi connectivity index (χ2n) is 11.4. The monoisotopic (exact) mass is 558 g/mol. The van der Waals surface area contributed by atoms with Crippen molar-refractivity contribution in [3.63, 3.8) is 0 Å². The largest absolute Gasteiger partial charge is 0.466 e. The van der Waals surface area contributed by atoms with Crippen LogP contribution in [0.1, 0.15) is 49.8 Å². The molecule has 2 fully saturated rings. The third kappa shape index (κ3) is 6.04. The van der Waals surface area contributed by atoms with Crippen molar-refractivity contribution in [1.82, 2.24) is 0 Å². The van der Waals surface area contributed by atoms with E-state index >= 15 is 4.39 Å². The molecule has 0 radical (unpaired) electrons. The van der Waals surface area contributed by atoms with Crippen LogP contribution in [0.5, 0.6) is 0 Å². The molecule has 214 valence electrons. The highest BCUT2D eigenvalue weighted by Crippen LogP contribution is 2.50. The van der Waals surface area contributed by atoms with Crippen LogP contribution in [0.15, 0.2) is 66.7 Å². The molecule has 4 atom stereocenters. The smallest absolute Gasteiger partial charge is 0.330 e. The van der Waals surface area contributed by atoms with Gasteiger partial charge in [-0.15, -0.1) is 0 Å². The van der Waals surface area contributed by atoms with Gasteiger partial charge in [0.25, 0.3) is 0 Å². The fourth-order valence-electron chi connectivity index (χ4n) is 6.47. The first kappa shape index (κ1) is 28.5. The van der Waals surface area contributed by atoms with Gasteiger partial charge in [0, 0.05) is 43.0 Å². The van der Waals surface area contributed by atoms with Crippen LogP contribution >= 0.6 is 0 Å². The number of anilines is 2. The van der Waals surface area contributed by atoms with Crippen LogP contribution < -0.4 is 9.80 Å². The van der Waals surface area contributed by atoms with Crippen molar-refractivity contribution in [3.8, 4) is 11.1 Å². The van der Waals surface area contributed by atoms with E-state index in [-0.39, 0.29) is 11.8 Å². The zero-order valence-corrected chi connectivity index (χ0v) is 23.9. The summed E-state index contributed by atoms with van der Waals surface area (Å²) in [7, 11) is 5.19. The Morgan fingerprint density at radius 1 is 0.927 bits per heavy atom. The molecule has 1 amide bonds. The maximum Gasteiger partial charge on any atom is 0.330 e. The summed E-state index contributed by atoms with van der Waals surface area (Å²) in [6, 6.07) is 16.5. The molecule has 3 aromatic carbocycles. The number of nitrogens with zero attached hydrogens (tertiary/aromatic N) is 2. The standard InChI is InChI=1S/C34H36F2N2O3/c1-21(30-13-10-25(19-32(30)36)24-8-11-28(12-9-24)37(2)3)38(34(40)31-18-22-5-7-26(31)15-22)29-17-23(16-27(35)20-29)6-14-33(39)41-4/h6,8-14,16-17,19-22,26,31H,5,7,15,18H2,1-4H3/b14-6+. The number of amides is 1. The normalized spacial score (nSPS) is 20.3. The van der Waals surface area contributed by atoms with E-state index in [2.05, 4.69) is 4.74 Å². The van der Waals surface area contributed by atoms with Gasteiger partial charge in [0.05, 0.1) is 13.2 Å². The summed E-state index contributed by atoms with van der Waals surface area (Å²) in [5, 5.41) is 0. The van der Waals surface area contributed by atoms with Crippen molar-refractivity contribution >= 4 is 29.3 Å². The number of hydrogen-bond donors (Lipinski definition) is 0. The fraction of sp³-hybridized carbons (Fsp3) is 0.353. The van der Waals surface area contributed by atoms with Gasteiger partial charge in [-0.1, -0.05) is 30.7 Å². The Hall–Kier alpha value is -4.00. The van der Waals surface area contributed by atoms with Gasteiger partial charge in [-0.3, -0.25) is 4.79 Å². The summed E-state index contributed by atoms with van der Waals surface area (Å²) in [5.41, 5.74) is 3.75.